The highest BCUT2D eigenvalue weighted by atomic mass is 19.4. The molecule has 11 heteroatoms. The third-order valence-electron chi connectivity index (χ3n) is 6.89. The first-order valence-electron chi connectivity index (χ1n) is 11.6. The van der Waals surface area contributed by atoms with E-state index in [1.54, 1.807) is 35.2 Å². The van der Waals surface area contributed by atoms with Crippen molar-refractivity contribution in [2.75, 3.05) is 33.3 Å². The van der Waals surface area contributed by atoms with Crippen molar-refractivity contribution in [2.45, 2.75) is 43.2 Å². The van der Waals surface area contributed by atoms with E-state index in [0.717, 1.165) is 25.9 Å². The van der Waals surface area contributed by atoms with Gasteiger partial charge in [0.1, 0.15) is 17.9 Å². The fourth-order valence-electron chi connectivity index (χ4n) is 4.79. The molecule has 2 saturated heterocycles. The van der Waals surface area contributed by atoms with Crippen LogP contribution in [0.3, 0.4) is 0 Å². The Balaban J connectivity index is 1.59. The molecule has 0 aromatic heterocycles. The molecule has 2 aromatic rings. The number of ether oxygens (including phenoxy) is 1. The van der Waals surface area contributed by atoms with Crippen molar-refractivity contribution in [3.63, 3.8) is 0 Å². The lowest BCUT2D eigenvalue weighted by Crippen LogP contribution is -2.63. The van der Waals surface area contributed by atoms with Gasteiger partial charge in [-0.25, -0.2) is 4.79 Å². The lowest BCUT2D eigenvalue weighted by molar-refractivity contribution is -0.143. The number of nitrogens with zero attached hydrogens (tertiary/aromatic N) is 2. The number of benzene rings is 2. The van der Waals surface area contributed by atoms with Gasteiger partial charge in [0.15, 0.2) is 0 Å². The van der Waals surface area contributed by atoms with Crippen molar-refractivity contribution < 1.29 is 35.9 Å². The minimum Gasteiger partial charge on any atom is -0.491 e. The third kappa shape index (κ3) is 5.71. The standard InChI is InChI=1S/C25H27F6N3O2/c1-33-10-7-20(8-11-33)34-12-9-23(32-22(34)35,17-5-3-2-4-6-17)16-36-21-14-18(24(26,27)28)13-19(15-21)25(29,30)31/h2-6,13-15,20H,7-12,16H2,1H3,(H,32,35). The first-order valence-corrected chi connectivity index (χ1v) is 11.6. The smallest absolute Gasteiger partial charge is 0.416 e. The summed E-state index contributed by atoms with van der Waals surface area (Å²) >= 11 is 0. The maximum absolute atomic E-state index is 13.3. The van der Waals surface area contributed by atoms with Gasteiger partial charge in [0.2, 0.25) is 0 Å². The summed E-state index contributed by atoms with van der Waals surface area (Å²) < 4.78 is 85.2. The topological polar surface area (TPSA) is 44.8 Å². The molecule has 196 valence electrons. The molecule has 0 aliphatic carbocycles. The number of urea groups is 1. The fraction of sp³-hybridized carbons (Fsp3) is 0.480. The van der Waals surface area contributed by atoms with E-state index in [4.69, 9.17) is 4.74 Å². The molecule has 2 aliphatic rings. The number of alkyl halides is 6. The summed E-state index contributed by atoms with van der Waals surface area (Å²) in [6.07, 6.45) is -7.94. The van der Waals surface area contributed by atoms with Crippen LogP contribution >= 0.6 is 0 Å². The molecule has 5 nitrogen and oxygen atoms in total. The number of nitrogens with one attached hydrogen (secondary N) is 1. The quantitative estimate of drug-likeness (QED) is 0.535. The van der Waals surface area contributed by atoms with Gasteiger partial charge in [-0.05, 0) is 63.2 Å². The Kier molecular flexibility index (Phi) is 7.14. The Labute approximate surface area is 205 Å². The molecule has 2 aromatic carbocycles. The number of hydrogen-bond donors (Lipinski definition) is 1. The molecule has 1 atom stereocenters. The van der Waals surface area contributed by atoms with Gasteiger partial charge < -0.3 is 19.9 Å². The molecule has 2 heterocycles. The number of halogens is 6. The van der Waals surface area contributed by atoms with Gasteiger partial charge in [0, 0.05) is 12.6 Å². The Bertz CT molecular complexity index is 1040. The van der Waals surface area contributed by atoms with E-state index in [0.29, 0.717) is 30.7 Å². The highest BCUT2D eigenvalue weighted by molar-refractivity contribution is 5.77. The van der Waals surface area contributed by atoms with Crippen LogP contribution in [-0.4, -0.2) is 55.2 Å². The van der Waals surface area contributed by atoms with Gasteiger partial charge >= 0.3 is 18.4 Å². The van der Waals surface area contributed by atoms with Crippen LogP contribution in [0.25, 0.3) is 0 Å². The number of likely N-dealkylation sites (tertiary alicyclic amines) is 1. The number of carbonyl (C=O) groups excluding carboxylic acids is 1. The lowest BCUT2D eigenvalue weighted by Gasteiger charge is -2.46. The van der Waals surface area contributed by atoms with Crippen LogP contribution < -0.4 is 10.1 Å². The van der Waals surface area contributed by atoms with Crippen molar-refractivity contribution >= 4 is 6.03 Å². The van der Waals surface area contributed by atoms with Crippen molar-refractivity contribution in [1.82, 2.24) is 15.1 Å². The third-order valence-corrected chi connectivity index (χ3v) is 6.89. The van der Waals surface area contributed by atoms with Crippen LogP contribution in [0.15, 0.2) is 48.5 Å². The molecule has 2 aliphatic heterocycles. The Morgan fingerprint density at radius 1 is 0.944 bits per heavy atom. The van der Waals surface area contributed by atoms with Gasteiger partial charge in [-0.3, -0.25) is 0 Å². The average Bonchev–Trinajstić information content (AvgIpc) is 2.83. The highest BCUT2D eigenvalue weighted by Gasteiger charge is 2.43. The monoisotopic (exact) mass is 515 g/mol. The summed E-state index contributed by atoms with van der Waals surface area (Å²) in [5.41, 5.74) is -3.37. The molecule has 0 radical (unpaired) electrons. The first-order chi connectivity index (χ1) is 16.9. The summed E-state index contributed by atoms with van der Waals surface area (Å²) in [4.78, 5) is 17.1. The van der Waals surface area contributed by atoms with Crippen molar-refractivity contribution in [3.05, 3.63) is 65.2 Å². The van der Waals surface area contributed by atoms with Crippen LogP contribution in [0.1, 0.15) is 36.0 Å². The second kappa shape index (κ2) is 9.84. The molecule has 2 fully saturated rings. The molecule has 0 spiro atoms. The van der Waals surface area contributed by atoms with Crippen LogP contribution in [0, 0.1) is 0 Å². The minimum absolute atomic E-state index is 0.0572. The molecule has 2 amide bonds. The maximum Gasteiger partial charge on any atom is 0.416 e. The number of carbonyl (C=O) groups is 1. The van der Waals surface area contributed by atoms with Gasteiger partial charge in [0.05, 0.1) is 11.1 Å². The lowest BCUT2D eigenvalue weighted by atomic mass is 9.85. The summed E-state index contributed by atoms with van der Waals surface area (Å²) in [5.74, 6) is -0.570. The molecule has 1 unspecified atom stereocenters. The molecule has 0 saturated carbocycles. The van der Waals surface area contributed by atoms with E-state index < -0.39 is 34.8 Å². The molecule has 0 bridgehead atoms. The highest BCUT2D eigenvalue weighted by Crippen LogP contribution is 2.39. The van der Waals surface area contributed by atoms with Crippen LogP contribution in [0.4, 0.5) is 31.1 Å². The Hall–Kier alpha value is -2.95. The average molecular weight is 515 g/mol. The Morgan fingerprint density at radius 3 is 2.06 bits per heavy atom. The SMILES string of the molecule is CN1CCC(N2CCC(COc3cc(C(F)(F)F)cc(C(F)(F)F)c3)(c3ccccc3)NC2=O)CC1. The van der Waals surface area contributed by atoms with E-state index in [1.165, 1.54) is 0 Å². The van der Waals surface area contributed by atoms with Gasteiger partial charge in [-0.15, -0.1) is 0 Å². The predicted molar refractivity (Wildman–Crippen MR) is 120 cm³/mol. The first kappa shape index (κ1) is 26.1. The predicted octanol–water partition coefficient (Wildman–Crippen LogP) is 5.51. The number of amides is 2. The zero-order valence-electron chi connectivity index (χ0n) is 19.6. The number of rotatable bonds is 5. The van der Waals surface area contributed by atoms with Crippen molar-refractivity contribution in [1.29, 1.82) is 0 Å². The summed E-state index contributed by atoms with van der Waals surface area (Å²) in [7, 11) is 2.02. The van der Waals surface area contributed by atoms with Crippen LogP contribution in [0.5, 0.6) is 5.75 Å². The van der Waals surface area contributed by atoms with E-state index in [2.05, 4.69) is 10.2 Å². The zero-order valence-corrected chi connectivity index (χ0v) is 19.6. The van der Waals surface area contributed by atoms with E-state index in [9.17, 15) is 31.1 Å². The van der Waals surface area contributed by atoms with Gasteiger partial charge in [0.25, 0.3) is 0 Å². The molecule has 36 heavy (non-hydrogen) atoms. The van der Waals surface area contributed by atoms with Gasteiger partial charge in [-0.1, -0.05) is 30.3 Å². The second-order valence-electron chi connectivity index (χ2n) is 9.39. The fourth-order valence-corrected chi connectivity index (χ4v) is 4.79. The van der Waals surface area contributed by atoms with E-state index >= 15 is 0 Å². The number of piperidine rings is 1. The number of hydrogen-bond acceptors (Lipinski definition) is 3. The van der Waals surface area contributed by atoms with E-state index in [1.807, 2.05) is 7.05 Å². The van der Waals surface area contributed by atoms with Crippen molar-refractivity contribution in [3.8, 4) is 5.75 Å². The molecule has 1 N–H and O–H groups in total. The van der Waals surface area contributed by atoms with Crippen LogP contribution in [0.2, 0.25) is 0 Å². The Morgan fingerprint density at radius 2 is 1.53 bits per heavy atom. The summed E-state index contributed by atoms with van der Waals surface area (Å²) in [5, 5.41) is 2.97. The van der Waals surface area contributed by atoms with Crippen LogP contribution in [-0.2, 0) is 17.9 Å². The minimum atomic E-state index is -4.98. The summed E-state index contributed by atoms with van der Waals surface area (Å²) in [6.45, 7) is 1.77. The van der Waals surface area contributed by atoms with E-state index in [-0.39, 0.29) is 24.7 Å². The molecular weight excluding hydrogens is 488 g/mol. The second-order valence-corrected chi connectivity index (χ2v) is 9.39. The normalized spacial score (nSPS) is 22.4. The maximum atomic E-state index is 13.3. The van der Waals surface area contributed by atoms with Crippen molar-refractivity contribution in [2.24, 2.45) is 0 Å². The van der Waals surface area contributed by atoms with Gasteiger partial charge in [-0.2, -0.15) is 26.3 Å². The summed E-state index contributed by atoms with van der Waals surface area (Å²) in [6, 6.07) is 9.66. The zero-order chi connectivity index (χ0) is 26.1. The molecular formula is C25H27F6N3O2. The largest absolute Gasteiger partial charge is 0.491 e. The molecule has 4 rings (SSSR count).